The number of rotatable bonds is 0. The molecule has 0 saturated carbocycles. The molecule has 3 heteroatoms. The van der Waals surface area contributed by atoms with Gasteiger partial charge in [-0.2, -0.15) is 0 Å². The summed E-state index contributed by atoms with van der Waals surface area (Å²) >= 11 is 2.83. The molecule has 4 N–H and O–H groups in total. The standard InChI is InChI=1S/C2H5BrO.H3N/c1-2(3)4;/h2,4H,1H3;1H3. The molecule has 0 radical (unpaired) electrons. The average molecular weight is 142 g/mol. The predicted octanol–water partition coefficient (Wildman–Crippen LogP) is 0.882. The zero-order valence-corrected chi connectivity index (χ0v) is 4.70. The molecule has 0 aromatic rings. The van der Waals surface area contributed by atoms with E-state index in [1.54, 1.807) is 6.92 Å². The largest absolute Gasteiger partial charge is 0.382 e. The van der Waals surface area contributed by atoms with Gasteiger partial charge in [-0.15, -0.1) is 0 Å². The van der Waals surface area contributed by atoms with Gasteiger partial charge in [0.15, 0.2) is 0 Å². The van der Waals surface area contributed by atoms with Crippen LogP contribution in [0, 0.1) is 0 Å². The summed E-state index contributed by atoms with van der Waals surface area (Å²) < 4.78 is 0. The van der Waals surface area contributed by atoms with E-state index in [1.807, 2.05) is 0 Å². The molecule has 0 aliphatic rings. The van der Waals surface area contributed by atoms with Gasteiger partial charge in [0.25, 0.3) is 0 Å². The summed E-state index contributed by atoms with van der Waals surface area (Å²) in [4.78, 5) is 0. The Morgan fingerprint density at radius 2 is 1.80 bits per heavy atom. The van der Waals surface area contributed by atoms with Gasteiger partial charge >= 0.3 is 0 Å². The zero-order valence-electron chi connectivity index (χ0n) is 3.11. The maximum atomic E-state index is 7.97. The molecule has 1 atom stereocenters. The highest BCUT2D eigenvalue weighted by atomic mass is 79.9. The van der Waals surface area contributed by atoms with Gasteiger partial charge < -0.3 is 11.3 Å². The summed E-state index contributed by atoms with van der Waals surface area (Å²) in [5.41, 5.74) is 0. The second kappa shape index (κ2) is 4.40. The quantitative estimate of drug-likeness (QED) is 0.493. The normalized spacial score (nSPS) is 12.6. The number of aliphatic hydroxyl groups is 1. The topological polar surface area (TPSA) is 55.2 Å². The van der Waals surface area contributed by atoms with Crippen molar-refractivity contribution in [3.05, 3.63) is 0 Å². The third-order valence-electron chi connectivity index (χ3n) is 0. The second-order valence-electron chi connectivity index (χ2n) is 0.574. The molecule has 0 fully saturated rings. The third kappa shape index (κ3) is 158. The van der Waals surface area contributed by atoms with E-state index in [0.717, 1.165) is 0 Å². The van der Waals surface area contributed by atoms with Crippen molar-refractivity contribution in [1.82, 2.24) is 6.15 Å². The van der Waals surface area contributed by atoms with Crippen LogP contribution in [0.5, 0.6) is 0 Å². The molecular formula is C2H8BrNO. The fourth-order valence-electron chi connectivity index (χ4n) is 0. The number of halogens is 1. The van der Waals surface area contributed by atoms with Crippen molar-refractivity contribution < 1.29 is 5.11 Å². The van der Waals surface area contributed by atoms with Gasteiger partial charge in [-0.3, -0.25) is 0 Å². The van der Waals surface area contributed by atoms with Crippen LogP contribution in [0.15, 0.2) is 0 Å². The van der Waals surface area contributed by atoms with E-state index in [9.17, 15) is 0 Å². The first kappa shape index (κ1) is 9.04. The Kier molecular flexibility index (Phi) is 7.96. The predicted molar refractivity (Wildman–Crippen MR) is 25.6 cm³/mol. The highest BCUT2D eigenvalue weighted by Crippen LogP contribution is 1.85. The van der Waals surface area contributed by atoms with E-state index in [2.05, 4.69) is 15.9 Å². The van der Waals surface area contributed by atoms with Crippen molar-refractivity contribution in [2.24, 2.45) is 0 Å². The summed E-state index contributed by atoms with van der Waals surface area (Å²) in [6.45, 7) is 1.64. The molecule has 0 heterocycles. The van der Waals surface area contributed by atoms with Gasteiger partial charge in [-0.1, -0.05) is 15.9 Å². The van der Waals surface area contributed by atoms with Gasteiger partial charge in [0.05, 0.1) is 0 Å². The van der Waals surface area contributed by atoms with Crippen LogP contribution in [0.2, 0.25) is 0 Å². The van der Waals surface area contributed by atoms with Gasteiger partial charge in [-0.05, 0) is 6.92 Å². The molecule has 0 amide bonds. The van der Waals surface area contributed by atoms with Crippen molar-refractivity contribution in [3.63, 3.8) is 0 Å². The molecule has 1 unspecified atom stereocenters. The summed E-state index contributed by atoms with van der Waals surface area (Å²) in [5.74, 6) is 0. The van der Waals surface area contributed by atoms with E-state index in [-0.39, 0.29) is 11.2 Å². The van der Waals surface area contributed by atoms with Gasteiger partial charge in [0.1, 0.15) is 5.01 Å². The van der Waals surface area contributed by atoms with Crippen LogP contribution in [0.4, 0.5) is 0 Å². The van der Waals surface area contributed by atoms with Crippen molar-refractivity contribution in [2.75, 3.05) is 0 Å². The summed E-state index contributed by atoms with van der Waals surface area (Å²) in [6.07, 6.45) is 0. The van der Waals surface area contributed by atoms with Crippen LogP contribution in [0.25, 0.3) is 0 Å². The van der Waals surface area contributed by atoms with E-state index in [4.69, 9.17) is 5.11 Å². The molecule has 0 bridgehead atoms. The Morgan fingerprint density at radius 1 is 1.80 bits per heavy atom. The third-order valence-corrected chi connectivity index (χ3v) is 0. The zero-order chi connectivity index (χ0) is 3.58. The Morgan fingerprint density at radius 3 is 1.80 bits per heavy atom. The Balaban J connectivity index is 0. The number of hydrogen-bond acceptors (Lipinski definition) is 2. The van der Waals surface area contributed by atoms with Crippen LogP contribution >= 0.6 is 15.9 Å². The van der Waals surface area contributed by atoms with Crippen LogP contribution in [0.3, 0.4) is 0 Å². The molecule has 2 nitrogen and oxygen atoms in total. The Labute approximate surface area is 39.9 Å². The van der Waals surface area contributed by atoms with Crippen LogP contribution in [0.1, 0.15) is 6.92 Å². The monoisotopic (exact) mass is 141 g/mol. The van der Waals surface area contributed by atoms with Crippen molar-refractivity contribution >= 4 is 15.9 Å². The van der Waals surface area contributed by atoms with Crippen LogP contribution in [-0.4, -0.2) is 10.1 Å². The van der Waals surface area contributed by atoms with Crippen molar-refractivity contribution in [3.8, 4) is 0 Å². The van der Waals surface area contributed by atoms with E-state index in [0.29, 0.717) is 0 Å². The lowest BCUT2D eigenvalue weighted by molar-refractivity contribution is 0.290. The van der Waals surface area contributed by atoms with Gasteiger partial charge in [0, 0.05) is 0 Å². The highest BCUT2D eigenvalue weighted by Gasteiger charge is 1.72. The minimum atomic E-state index is -0.354. The lowest BCUT2D eigenvalue weighted by Gasteiger charge is -1.77. The minimum absolute atomic E-state index is 0. The van der Waals surface area contributed by atoms with Crippen molar-refractivity contribution in [1.29, 1.82) is 0 Å². The molecule has 0 aromatic heterocycles. The molecule has 0 aromatic carbocycles. The molecule has 0 rings (SSSR count). The van der Waals surface area contributed by atoms with Crippen LogP contribution in [-0.2, 0) is 0 Å². The molecule has 0 spiro atoms. The summed E-state index contributed by atoms with van der Waals surface area (Å²) in [7, 11) is 0. The van der Waals surface area contributed by atoms with E-state index < -0.39 is 0 Å². The Hall–Kier alpha value is 0.400. The average Bonchev–Trinajstić information content (AvgIpc) is 0.811. The first-order valence-electron chi connectivity index (χ1n) is 1.05. The number of aliphatic hydroxyl groups excluding tert-OH is 1. The van der Waals surface area contributed by atoms with Gasteiger partial charge in [-0.25, -0.2) is 0 Å². The molecular weight excluding hydrogens is 134 g/mol. The lowest BCUT2D eigenvalue weighted by atomic mass is 10.9. The number of hydrogen-bond donors (Lipinski definition) is 2. The highest BCUT2D eigenvalue weighted by molar-refractivity contribution is 9.09. The Bertz CT molecular complexity index is 14.4. The van der Waals surface area contributed by atoms with Gasteiger partial charge in [0.2, 0.25) is 0 Å². The molecule has 5 heavy (non-hydrogen) atoms. The summed E-state index contributed by atoms with van der Waals surface area (Å²) in [5, 5.41) is 7.62. The SMILES string of the molecule is CC(O)Br.N. The van der Waals surface area contributed by atoms with Crippen molar-refractivity contribution in [2.45, 2.75) is 11.9 Å². The second-order valence-corrected chi connectivity index (χ2v) is 1.90. The van der Waals surface area contributed by atoms with E-state index in [1.165, 1.54) is 0 Å². The first-order chi connectivity index (χ1) is 1.73. The smallest absolute Gasteiger partial charge is 0.106 e. The minimum Gasteiger partial charge on any atom is -0.382 e. The maximum absolute atomic E-state index is 7.97. The fourth-order valence-corrected chi connectivity index (χ4v) is 0. The fraction of sp³-hybridized carbons (Fsp3) is 1.00. The molecule has 0 aliphatic heterocycles. The maximum Gasteiger partial charge on any atom is 0.106 e. The van der Waals surface area contributed by atoms with Crippen LogP contribution < -0.4 is 6.15 Å². The molecule has 0 aliphatic carbocycles. The lowest BCUT2D eigenvalue weighted by Crippen LogP contribution is -1.78. The van der Waals surface area contributed by atoms with E-state index >= 15 is 0 Å². The number of alkyl halides is 1. The summed E-state index contributed by atoms with van der Waals surface area (Å²) in [6, 6.07) is 0. The first-order valence-corrected chi connectivity index (χ1v) is 1.97. The molecule has 0 saturated heterocycles. The molecule has 34 valence electrons.